The average Bonchev–Trinajstić information content (AvgIpc) is 2.90. The number of rotatable bonds is 3. The molecule has 1 N–H and O–H groups in total. The highest BCUT2D eigenvalue weighted by molar-refractivity contribution is 9.10. The molecule has 3 heteroatoms. The van der Waals surface area contributed by atoms with E-state index in [1.807, 2.05) is 24.3 Å². The van der Waals surface area contributed by atoms with E-state index >= 15 is 0 Å². The summed E-state index contributed by atoms with van der Waals surface area (Å²) in [7, 11) is 0. The third-order valence-electron chi connectivity index (χ3n) is 2.26. The number of ether oxygens (including phenoxy) is 1. The number of hydrogen-bond acceptors (Lipinski definition) is 2. The fraction of sp³-hybridized carbons (Fsp3) is 0.400. The normalized spacial score (nSPS) is 18.3. The second-order valence-corrected chi connectivity index (χ2v) is 4.23. The lowest BCUT2D eigenvalue weighted by Gasteiger charge is -2.16. The van der Waals surface area contributed by atoms with Gasteiger partial charge in [0.25, 0.3) is 0 Å². The van der Waals surface area contributed by atoms with Crippen molar-refractivity contribution in [2.45, 2.75) is 18.4 Å². The van der Waals surface area contributed by atoms with Crippen molar-refractivity contribution in [2.24, 2.45) is 0 Å². The minimum absolute atomic E-state index is 0.105. The van der Waals surface area contributed by atoms with Crippen molar-refractivity contribution in [1.29, 1.82) is 0 Å². The minimum atomic E-state index is -0.288. The second-order valence-electron chi connectivity index (χ2n) is 3.37. The number of para-hydroxylation sites is 1. The zero-order valence-corrected chi connectivity index (χ0v) is 8.75. The van der Waals surface area contributed by atoms with Crippen molar-refractivity contribution in [3.8, 4) is 5.75 Å². The molecule has 0 saturated heterocycles. The Morgan fingerprint density at radius 3 is 2.62 bits per heavy atom. The van der Waals surface area contributed by atoms with Crippen molar-refractivity contribution < 1.29 is 9.84 Å². The molecule has 1 aliphatic carbocycles. The molecule has 1 saturated carbocycles. The summed E-state index contributed by atoms with van der Waals surface area (Å²) in [4.78, 5) is 0. The zero-order chi connectivity index (χ0) is 9.31. The molecule has 0 aliphatic heterocycles. The second kappa shape index (κ2) is 3.31. The highest BCUT2D eigenvalue weighted by Crippen LogP contribution is 2.41. The van der Waals surface area contributed by atoms with E-state index in [1.54, 1.807) is 0 Å². The largest absolute Gasteiger partial charge is 0.484 e. The zero-order valence-electron chi connectivity index (χ0n) is 7.16. The molecule has 1 aliphatic rings. The molecular formula is C10H11BrO2. The van der Waals surface area contributed by atoms with Crippen molar-refractivity contribution in [3.63, 3.8) is 0 Å². The first-order valence-corrected chi connectivity index (χ1v) is 5.09. The Kier molecular flexibility index (Phi) is 2.30. The van der Waals surface area contributed by atoms with E-state index in [9.17, 15) is 0 Å². The smallest absolute Gasteiger partial charge is 0.134 e. The number of halogens is 1. The lowest BCUT2D eigenvalue weighted by atomic mass is 10.3. The molecule has 0 radical (unpaired) electrons. The maximum absolute atomic E-state index is 9.07. The fourth-order valence-corrected chi connectivity index (χ4v) is 1.56. The minimum Gasteiger partial charge on any atom is -0.484 e. The first-order chi connectivity index (χ1) is 6.26. The Labute approximate surface area is 85.7 Å². The van der Waals surface area contributed by atoms with E-state index in [2.05, 4.69) is 15.9 Å². The quantitative estimate of drug-likeness (QED) is 0.882. The SMILES string of the molecule is OCC1(Oc2ccccc2Br)CC1. The third-order valence-corrected chi connectivity index (χ3v) is 2.91. The van der Waals surface area contributed by atoms with Crippen LogP contribution < -0.4 is 4.74 Å². The standard InChI is InChI=1S/C10H11BrO2/c11-8-3-1-2-4-9(8)13-10(7-12)5-6-10/h1-4,12H,5-7H2. The van der Waals surface area contributed by atoms with E-state index in [-0.39, 0.29) is 12.2 Å². The van der Waals surface area contributed by atoms with Gasteiger partial charge < -0.3 is 9.84 Å². The Morgan fingerprint density at radius 2 is 2.08 bits per heavy atom. The summed E-state index contributed by atoms with van der Waals surface area (Å²) in [6.45, 7) is 0.105. The predicted molar refractivity (Wildman–Crippen MR) is 53.8 cm³/mol. The molecule has 0 unspecified atom stereocenters. The monoisotopic (exact) mass is 242 g/mol. The molecular weight excluding hydrogens is 232 g/mol. The van der Waals surface area contributed by atoms with Crippen LogP contribution in [0.3, 0.4) is 0 Å². The molecule has 0 aromatic heterocycles. The van der Waals surface area contributed by atoms with Crippen LogP contribution in [0.5, 0.6) is 5.75 Å². The molecule has 0 heterocycles. The first-order valence-electron chi connectivity index (χ1n) is 4.30. The first kappa shape index (κ1) is 9.03. The lowest BCUT2D eigenvalue weighted by molar-refractivity contribution is 0.0946. The van der Waals surface area contributed by atoms with Gasteiger partial charge in [0, 0.05) is 0 Å². The molecule has 1 aromatic rings. The van der Waals surface area contributed by atoms with Crippen LogP contribution >= 0.6 is 15.9 Å². The lowest BCUT2D eigenvalue weighted by Crippen LogP contribution is -2.22. The average molecular weight is 243 g/mol. The van der Waals surface area contributed by atoms with Crippen molar-refractivity contribution in [1.82, 2.24) is 0 Å². The summed E-state index contributed by atoms with van der Waals surface area (Å²) in [6, 6.07) is 7.70. The molecule has 13 heavy (non-hydrogen) atoms. The maximum atomic E-state index is 9.07. The van der Waals surface area contributed by atoms with Gasteiger partial charge in [-0.1, -0.05) is 12.1 Å². The Morgan fingerprint density at radius 1 is 1.38 bits per heavy atom. The van der Waals surface area contributed by atoms with Crippen LogP contribution in [0.4, 0.5) is 0 Å². The van der Waals surface area contributed by atoms with Gasteiger partial charge in [-0.05, 0) is 40.9 Å². The van der Waals surface area contributed by atoms with Crippen LogP contribution in [-0.4, -0.2) is 17.3 Å². The molecule has 2 rings (SSSR count). The van der Waals surface area contributed by atoms with Crippen LogP contribution in [0.25, 0.3) is 0 Å². The summed E-state index contributed by atoms with van der Waals surface area (Å²) >= 11 is 3.40. The van der Waals surface area contributed by atoms with Crippen molar-refractivity contribution >= 4 is 15.9 Å². The maximum Gasteiger partial charge on any atom is 0.134 e. The summed E-state index contributed by atoms with van der Waals surface area (Å²) < 4.78 is 6.64. The van der Waals surface area contributed by atoms with Gasteiger partial charge in [0.15, 0.2) is 0 Å². The van der Waals surface area contributed by atoms with Gasteiger partial charge in [-0.3, -0.25) is 0 Å². The van der Waals surface area contributed by atoms with Crippen molar-refractivity contribution in [2.75, 3.05) is 6.61 Å². The van der Waals surface area contributed by atoms with E-state index in [4.69, 9.17) is 9.84 Å². The van der Waals surface area contributed by atoms with Crippen LogP contribution in [0, 0.1) is 0 Å². The van der Waals surface area contributed by atoms with Crippen LogP contribution in [0.15, 0.2) is 28.7 Å². The van der Waals surface area contributed by atoms with E-state index in [0.717, 1.165) is 23.1 Å². The number of hydrogen-bond donors (Lipinski definition) is 1. The highest BCUT2D eigenvalue weighted by Gasteiger charge is 2.45. The number of aliphatic hydroxyl groups excluding tert-OH is 1. The molecule has 70 valence electrons. The van der Waals surface area contributed by atoms with Gasteiger partial charge in [-0.25, -0.2) is 0 Å². The molecule has 0 atom stereocenters. The third kappa shape index (κ3) is 1.86. The van der Waals surface area contributed by atoms with Crippen LogP contribution in [-0.2, 0) is 0 Å². The number of benzene rings is 1. The van der Waals surface area contributed by atoms with Crippen LogP contribution in [0.1, 0.15) is 12.8 Å². The van der Waals surface area contributed by atoms with Crippen molar-refractivity contribution in [3.05, 3.63) is 28.7 Å². The molecule has 1 aromatic carbocycles. The van der Waals surface area contributed by atoms with E-state index < -0.39 is 0 Å². The molecule has 2 nitrogen and oxygen atoms in total. The van der Waals surface area contributed by atoms with Gasteiger partial charge in [0.2, 0.25) is 0 Å². The summed E-state index contributed by atoms with van der Waals surface area (Å²) in [5.41, 5.74) is -0.288. The molecule has 1 fully saturated rings. The Hall–Kier alpha value is -0.540. The molecule has 0 bridgehead atoms. The molecule has 0 amide bonds. The molecule has 0 spiro atoms. The predicted octanol–water partition coefficient (Wildman–Crippen LogP) is 2.35. The highest BCUT2D eigenvalue weighted by atomic mass is 79.9. The Balaban J connectivity index is 2.14. The summed E-state index contributed by atoms with van der Waals surface area (Å²) in [6.07, 6.45) is 1.90. The topological polar surface area (TPSA) is 29.5 Å². The fourth-order valence-electron chi connectivity index (χ4n) is 1.19. The van der Waals surface area contributed by atoms with Gasteiger partial charge >= 0.3 is 0 Å². The summed E-state index contributed by atoms with van der Waals surface area (Å²) in [5.74, 6) is 0.814. The van der Waals surface area contributed by atoms with Gasteiger partial charge in [0.05, 0.1) is 11.1 Å². The number of aliphatic hydroxyl groups is 1. The van der Waals surface area contributed by atoms with Gasteiger partial charge in [-0.2, -0.15) is 0 Å². The van der Waals surface area contributed by atoms with Gasteiger partial charge in [-0.15, -0.1) is 0 Å². The van der Waals surface area contributed by atoms with Gasteiger partial charge in [0.1, 0.15) is 11.4 Å². The summed E-state index contributed by atoms with van der Waals surface area (Å²) in [5, 5.41) is 9.07. The Bertz CT molecular complexity index is 308. The van der Waals surface area contributed by atoms with E-state index in [1.165, 1.54) is 0 Å². The van der Waals surface area contributed by atoms with Crippen LogP contribution in [0.2, 0.25) is 0 Å². The van der Waals surface area contributed by atoms with E-state index in [0.29, 0.717) is 0 Å².